The molecule has 3 nitrogen and oxygen atoms in total. The van der Waals surface area contributed by atoms with E-state index < -0.39 is 5.97 Å². The molecular formula is C9H18ClNO2. The molecule has 4 heteroatoms. The summed E-state index contributed by atoms with van der Waals surface area (Å²) in [5.41, 5.74) is 0.176. The van der Waals surface area contributed by atoms with Crippen molar-refractivity contribution in [3.05, 3.63) is 12.2 Å². The molecule has 0 aliphatic heterocycles. The quantitative estimate of drug-likeness (QED) is 0.565. The minimum atomic E-state index is -0.935. The van der Waals surface area contributed by atoms with E-state index in [-0.39, 0.29) is 5.57 Å². The molecule has 0 heterocycles. The van der Waals surface area contributed by atoms with Crippen LogP contribution in [0.4, 0.5) is 0 Å². The first kappa shape index (κ1) is 15.0. The van der Waals surface area contributed by atoms with Crippen molar-refractivity contribution in [2.24, 2.45) is 0 Å². The van der Waals surface area contributed by atoms with E-state index >= 15 is 0 Å². The lowest BCUT2D eigenvalue weighted by atomic mass is 10.4. The summed E-state index contributed by atoms with van der Waals surface area (Å²) in [6.07, 6.45) is 1.09. The molecule has 13 heavy (non-hydrogen) atoms. The van der Waals surface area contributed by atoms with Crippen LogP contribution in [-0.4, -0.2) is 42.5 Å². The van der Waals surface area contributed by atoms with E-state index in [0.717, 1.165) is 18.8 Å². The molecule has 0 aromatic heterocycles. The van der Waals surface area contributed by atoms with Gasteiger partial charge in [-0.05, 0) is 34.0 Å². The van der Waals surface area contributed by atoms with Gasteiger partial charge in [0.05, 0.1) is 0 Å². The Morgan fingerprint density at radius 3 is 2.00 bits per heavy atom. The van der Waals surface area contributed by atoms with Crippen LogP contribution in [0.15, 0.2) is 12.2 Å². The standard InChI is InChI=1S/C5H12ClN.C4H6O2/c1-7(2)5-3-4-6;1-3(2)4(5)6/h3-5H2,1-2H3;1H2,2H3,(H,5,6). The molecule has 0 aliphatic rings. The van der Waals surface area contributed by atoms with Gasteiger partial charge in [0, 0.05) is 11.5 Å². The maximum atomic E-state index is 9.60. The number of hydrogen-bond donors (Lipinski definition) is 1. The molecule has 78 valence electrons. The van der Waals surface area contributed by atoms with Crippen LogP contribution < -0.4 is 0 Å². The Bertz CT molecular complexity index is 146. The number of carboxylic acids is 1. The Morgan fingerprint density at radius 2 is 1.92 bits per heavy atom. The largest absolute Gasteiger partial charge is 0.478 e. The van der Waals surface area contributed by atoms with Crippen LogP contribution in [0.2, 0.25) is 0 Å². The summed E-state index contributed by atoms with van der Waals surface area (Å²) < 4.78 is 0. The summed E-state index contributed by atoms with van der Waals surface area (Å²) in [5.74, 6) is -0.159. The first-order valence-corrected chi connectivity index (χ1v) is 4.54. The van der Waals surface area contributed by atoms with Gasteiger partial charge in [0.2, 0.25) is 0 Å². The van der Waals surface area contributed by atoms with Gasteiger partial charge in [-0.1, -0.05) is 6.58 Å². The number of halogens is 1. The van der Waals surface area contributed by atoms with Crippen molar-refractivity contribution >= 4 is 17.6 Å². The normalized spacial score (nSPS) is 9.00. The highest BCUT2D eigenvalue weighted by atomic mass is 35.5. The van der Waals surface area contributed by atoms with Crippen LogP contribution in [0, 0.1) is 0 Å². The predicted octanol–water partition coefficient (Wildman–Crippen LogP) is 1.82. The second-order valence-corrected chi connectivity index (χ2v) is 3.31. The Morgan fingerprint density at radius 1 is 1.54 bits per heavy atom. The summed E-state index contributed by atoms with van der Waals surface area (Å²) in [6, 6.07) is 0. The second kappa shape index (κ2) is 9.55. The first-order chi connectivity index (χ1) is 5.91. The van der Waals surface area contributed by atoms with E-state index in [2.05, 4.69) is 11.5 Å². The number of carboxylic acid groups (broad SMARTS) is 1. The molecule has 0 aromatic carbocycles. The minimum Gasteiger partial charge on any atom is -0.478 e. The third-order valence-corrected chi connectivity index (χ3v) is 1.37. The molecule has 0 amide bonds. The van der Waals surface area contributed by atoms with Gasteiger partial charge < -0.3 is 10.0 Å². The highest BCUT2D eigenvalue weighted by Gasteiger charge is 1.90. The number of rotatable bonds is 4. The third kappa shape index (κ3) is 18.4. The Labute approximate surface area is 85.0 Å². The maximum absolute atomic E-state index is 9.60. The minimum absolute atomic E-state index is 0.176. The van der Waals surface area contributed by atoms with Crippen LogP contribution in [0.1, 0.15) is 13.3 Å². The zero-order chi connectivity index (χ0) is 10.9. The summed E-state index contributed by atoms with van der Waals surface area (Å²) in [7, 11) is 4.10. The van der Waals surface area contributed by atoms with Gasteiger partial charge in [-0.25, -0.2) is 4.79 Å². The van der Waals surface area contributed by atoms with Gasteiger partial charge in [0.1, 0.15) is 0 Å². The maximum Gasteiger partial charge on any atom is 0.330 e. The lowest BCUT2D eigenvalue weighted by molar-refractivity contribution is -0.132. The predicted molar refractivity (Wildman–Crippen MR) is 56.3 cm³/mol. The lowest BCUT2D eigenvalue weighted by Crippen LogP contribution is -2.12. The zero-order valence-electron chi connectivity index (χ0n) is 8.51. The van der Waals surface area contributed by atoms with Gasteiger partial charge in [-0.3, -0.25) is 0 Å². The lowest BCUT2D eigenvalue weighted by Gasteiger charge is -2.05. The molecular weight excluding hydrogens is 190 g/mol. The summed E-state index contributed by atoms with van der Waals surface area (Å²) in [6.45, 7) is 5.70. The molecule has 0 fully saturated rings. The third-order valence-electron chi connectivity index (χ3n) is 1.10. The van der Waals surface area contributed by atoms with Crippen LogP contribution >= 0.6 is 11.6 Å². The monoisotopic (exact) mass is 207 g/mol. The number of hydrogen-bond acceptors (Lipinski definition) is 2. The summed E-state index contributed by atoms with van der Waals surface area (Å²) in [5, 5.41) is 7.89. The van der Waals surface area contributed by atoms with E-state index in [4.69, 9.17) is 16.7 Å². The fourth-order valence-corrected chi connectivity index (χ4v) is 0.496. The van der Waals surface area contributed by atoms with Gasteiger partial charge in [-0.15, -0.1) is 11.6 Å². The second-order valence-electron chi connectivity index (χ2n) is 2.93. The number of alkyl halides is 1. The Balaban J connectivity index is 0. The molecule has 1 N–H and O–H groups in total. The summed E-state index contributed by atoms with van der Waals surface area (Å²) >= 11 is 5.42. The highest BCUT2D eigenvalue weighted by molar-refractivity contribution is 6.17. The van der Waals surface area contributed by atoms with Crippen LogP contribution in [0.25, 0.3) is 0 Å². The fraction of sp³-hybridized carbons (Fsp3) is 0.667. The average molecular weight is 208 g/mol. The molecule has 0 saturated heterocycles. The van der Waals surface area contributed by atoms with Gasteiger partial charge in [-0.2, -0.15) is 0 Å². The van der Waals surface area contributed by atoms with Crippen molar-refractivity contribution in [2.75, 3.05) is 26.5 Å². The van der Waals surface area contributed by atoms with Gasteiger partial charge in [0.15, 0.2) is 0 Å². The molecule has 0 rings (SSSR count). The molecule has 0 spiro atoms. The van der Waals surface area contributed by atoms with Crippen LogP contribution in [0.5, 0.6) is 0 Å². The topological polar surface area (TPSA) is 40.5 Å². The van der Waals surface area contributed by atoms with E-state index in [0.29, 0.717) is 0 Å². The van der Waals surface area contributed by atoms with E-state index in [9.17, 15) is 4.79 Å². The molecule has 0 aromatic rings. The summed E-state index contributed by atoms with van der Waals surface area (Å²) in [4.78, 5) is 11.7. The molecule has 0 unspecified atom stereocenters. The van der Waals surface area contributed by atoms with Crippen molar-refractivity contribution in [3.63, 3.8) is 0 Å². The molecule has 0 saturated carbocycles. The Kier molecular flexibility index (Phi) is 11.0. The number of carbonyl (C=O) groups is 1. The van der Waals surface area contributed by atoms with Crippen molar-refractivity contribution in [1.29, 1.82) is 0 Å². The highest BCUT2D eigenvalue weighted by Crippen LogP contribution is 1.84. The molecule has 0 bridgehead atoms. The van der Waals surface area contributed by atoms with Crippen molar-refractivity contribution in [1.82, 2.24) is 4.90 Å². The zero-order valence-corrected chi connectivity index (χ0v) is 9.26. The molecule has 0 atom stereocenters. The van der Waals surface area contributed by atoms with E-state index in [1.807, 2.05) is 14.1 Å². The van der Waals surface area contributed by atoms with Gasteiger partial charge >= 0.3 is 5.97 Å². The van der Waals surface area contributed by atoms with Crippen LogP contribution in [0.3, 0.4) is 0 Å². The average Bonchev–Trinajstić information content (AvgIpc) is 2.01. The number of nitrogens with zero attached hydrogens (tertiary/aromatic N) is 1. The van der Waals surface area contributed by atoms with E-state index in [1.54, 1.807) is 0 Å². The van der Waals surface area contributed by atoms with E-state index in [1.165, 1.54) is 6.92 Å². The molecule has 0 aliphatic carbocycles. The number of aliphatic carboxylic acids is 1. The fourth-order valence-electron chi connectivity index (χ4n) is 0.376. The van der Waals surface area contributed by atoms with Gasteiger partial charge in [0.25, 0.3) is 0 Å². The first-order valence-electron chi connectivity index (χ1n) is 4.01. The molecule has 0 radical (unpaired) electrons. The van der Waals surface area contributed by atoms with Crippen molar-refractivity contribution < 1.29 is 9.90 Å². The van der Waals surface area contributed by atoms with Crippen LogP contribution in [-0.2, 0) is 4.79 Å². The SMILES string of the molecule is C=C(C)C(=O)O.CN(C)CCCCl. The van der Waals surface area contributed by atoms with Crippen molar-refractivity contribution in [2.45, 2.75) is 13.3 Å². The van der Waals surface area contributed by atoms with Crippen molar-refractivity contribution in [3.8, 4) is 0 Å². The Hall–Kier alpha value is -0.540. The smallest absolute Gasteiger partial charge is 0.330 e.